The molecule has 0 aromatic carbocycles. The third kappa shape index (κ3) is 6.88. The molecule has 0 radical (unpaired) electrons. The lowest BCUT2D eigenvalue weighted by Gasteiger charge is -2.47. The monoisotopic (exact) mass is 486 g/mol. The average Bonchev–Trinajstić information content (AvgIpc) is 2.15. The highest BCUT2D eigenvalue weighted by Crippen LogP contribution is 2.34. The number of rotatable bonds is 4. The van der Waals surface area contributed by atoms with Gasteiger partial charge in [-0.25, -0.2) is 0 Å². The van der Waals surface area contributed by atoms with E-state index in [1.165, 1.54) is 0 Å². The van der Waals surface area contributed by atoms with E-state index in [0.29, 0.717) is 0 Å². The largest absolute Gasteiger partial charge is 0.307 e. The fourth-order valence-electron chi connectivity index (χ4n) is 4.92. The number of hydrogen-bond acceptors (Lipinski definition) is 4. The Morgan fingerprint density at radius 1 is 0.760 bits per heavy atom. The Hall–Kier alpha value is 0.520. The number of nitrogens with one attached hydrogen (secondary N) is 4. The van der Waals surface area contributed by atoms with E-state index in [1.807, 2.05) is 0 Å². The lowest BCUT2D eigenvalue weighted by atomic mass is 9.80. The summed E-state index contributed by atoms with van der Waals surface area (Å²) < 4.78 is 31.2. The van der Waals surface area contributed by atoms with E-state index in [-0.39, 0.29) is 32.2 Å². The highest BCUT2D eigenvalue weighted by molar-refractivity contribution is 14.1. The number of hydrogen-bond donors (Lipinski definition) is 4. The van der Waals surface area contributed by atoms with Crippen LogP contribution < -0.4 is 20.1 Å². The summed E-state index contributed by atoms with van der Waals surface area (Å²) in [5.41, 5.74) is -0.279. The van der Waals surface area contributed by atoms with Crippen molar-refractivity contribution >= 4 is 32.8 Å². The molecule has 0 aromatic heterocycles. The minimum Gasteiger partial charge on any atom is -0.307 e. The molecule has 2 unspecified atom stereocenters. The van der Waals surface area contributed by atoms with Gasteiger partial charge in [-0.1, -0.05) is 22.6 Å². The normalized spacial score (nSPS) is 35.4. The molecule has 0 spiro atoms. The van der Waals surface area contributed by atoms with Gasteiger partial charge in [-0.2, -0.15) is 17.9 Å². The Morgan fingerprint density at radius 3 is 1.52 bits per heavy atom. The van der Waals surface area contributed by atoms with E-state index in [4.69, 9.17) is 0 Å². The molecule has 2 aliphatic rings. The molecule has 0 amide bonds. The summed E-state index contributed by atoms with van der Waals surface area (Å²) in [5, 5.41) is 7.16. The summed E-state index contributed by atoms with van der Waals surface area (Å²) >= 11 is 2.37. The quantitative estimate of drug-likeness (QED) is 0.280. The van der Waals surface area contributed by atoms with Crippen LogP contribution in [0.3, 0.4) is 0 Å². The molecule has 2 rings (SSSR count). The first kappa shape index (κ1) is 21.8. The minimum atomic E-state index is -3.54. The number of halogens is 1. The van der Waals surface area contributed by atoms with E-state index >= 15 is 0 Å². The van der Waals surface area contributed by atoms with Gasteiger partial charge in [0.1, 0.15) is 0 Å². The Bertz CT molecular complexity index is 524. The van der Waals surface area contributed by atoms with Gasteiger partial charge in [0.15, 0.2) is 0 Å². The molecule has 0 aliphatic carbocycles. The van der Waals surface area contributed by atoms with Crippen LogP contribution in [0.15, 0.2) is 0 Å². The third-order valence-electron chi connectivity index (χ3n) is 4.82. The smallest absolute Gasteiger partial charge is 0.277 e. The van der Waals surface area contributed by atoms with Crippen LogP contribution in [0, 0.1) is 0 Å². The first-order valence-electron chi connectivity index (χ1n) is 9.06. The number of piperidine rings is 2. The second-order valence-corrected chi connectivity index (χ2v) is 13.9. The van der Waals surface area contributed by atoms with Crippen LogP contribution in [-0.4, -0.2) is 40.7 Å². The van der Waals surface area contributed by atoms with Gasteiger partial charge < -0.3 is 5.32 Å². The molecule has 25 heavy (non-hydrogen) atoms. The summed E-state index contributed by atoms with van der Waals surface area (Å²) in [4.78, 5) is 0. The second kappa shape index (κ2) is 6.84. The molecular weight excluding hydrogens is 451 g/mol. The van der Waals surface area contributed by atoms with Crippen molar-refractivity contribution in [3.8, 4) is 0 Å². The van der Waals surface area contributed by atoms with Crippen LogP contribution in [0.25, 0.3) is 0 Å². The zero-order valence-corrected chi connectivity index (χ0v) is 19.6. The van der Waals surface area contributed by atoms with Crippen molar-refractivity contribution in [2.24, 2.45) is 0 Å². The standard InChI is InChI=1S/C17H35IN4O2S/c1-14(2)8-12(9-15(3,4)21-14)19-25(23,24)20-13-10-16(5,6)22-17(7,18)11-13/h12-13,19-22H,8-11H2,1-7H3. The minimum absolute atomic E-state index is 0.0653. The van der Waals surface area contributed by atoms with Crippen molar-refractivity contribution < 1.29 is 8.42 Å². The third-order valence-corrected chi connectivity index (χ3v) is 6.82. The summed E-state index contributed by atoms with van der Waals surface area (Å²) in [5.74, 6) is 0. The summed E-state index contributed by atoms with van der Waals surface area (Å²) in [6.07, 6.45) is 3.09. The lowest BCUT2D eigenvalue weighted by molar-refractivity contribution is 0.156. The van der Waals surface area contributed by atoms with Crippen LogP contribution in [-0.2, 0) is 10.2 Å². The van der Waals surface area contributed by atoms with Gasteiger partial charge in [-0.05, 0) is 74.1 Å². The maximum atomic E-state index is 12.7. The average molecular weight is 486 g/mol. The van der Waals surface area contributed by atoms with Crippen molar-refractivity contribution in [3.05, 3.63) is 0 Å². The van der Waals surface area contributed by atoms with Crippen LogP contribution >= 0.6 is 22.6 Å². The Morgan fingerprint density at radius 2 is 1.12 bits per heavy atom. The Labute approximate surface area is 167 Å². The maximum absolute atomic E-state index is 12.7. The first-order valence-corrected chi connectivity index (χ1v) is 11.6. The predicted octanol–water partition coefficient (Wildman–Crippen LogP) is 2.40. The fraction of sp³-hybridized carbons (Fsp3) is 1.00. The SMILES string of the molecule is CC1(C)CC(NS(=O)(=O)NC2CC(C)(C)NC(C)(I)C2)CC(C)(C)N1. The van der Waals surface area contributed by atoms with Gasteiger partial charge >= 0.3 is 0 Å². The molecule has 2 aliphatic heterocycles. The molecule has 0 aromatic rings. The van der Waals surface area contributed by atoms with Gasteiger partial charge in [0.05, 0.1) is 3.55 Å². The molecule has 4 N–H and O–H groups in total. The van der Waals surface area contributed by atoms with Crippen LogP contribution in [0.1, 0.15) is 74.1 Å². The van der Waals surface area contributed by atoms with E-state index in [0.717, 1.165) is 25.7 Å². The van der Waals surface area contributed by atoms with Crippen molar-refractivity contribution in [2.75, 3.05) is 0 Å². The van der Waals surface area contributed by atoms with Crippen molar-refractivity contribution in [3.63, 3.8) is 0 Å². The maximum Gasteiger partial charge on any atom is 0.277 e. The second-order valence-electron chi connectivity index (χ2n) is 10.0. The Balaban J connectivity index is 2.04. The van der Waals surface area contributed by atoms with Gasteiger partial charge in [-0.3, -0.25) is 5.32 Å². The molecule has 2 fully saturated rings. The topological polar surface area (TPSA) is 82.3 Å². The molecule has 2 saturated heterocycles. The fourth-order valence-corrected chi connectivity index (χ4v) is 7.46. The van der Waals surface area contributed by atoms with Gasteiger partial charge in [0.2, 0.25) is 0 Å². The van der Waals surface area contributed by atoms with Gasteiger partial charge in [-0.15, -0.1) is 0 Å². The molecule has 2 heterocycles. The van der Waals surface area contributed by atoms with E-state index in [9.17, 15) is 8.42 Å². The van der Waals surface area contributed by atoms with Gasteiger partial charge in [0.25, 0.3) is 10.2 Å². The Kier molecular flexibility index (Phi) is 5.97. The summed E-state index contributed by atoms with van der Waals surface area (Å²) in [7, 11) is -3.54. The lowest BCUT2D eigenvalue weighted by Crippen LogP contribution is -2.64. The molecule has 0 saturated carbocycles. The van der Waals surface area contributed by atoms with Crippen LogP contribution in [0.4, 0.5) is 0 Å². The van der Waals surface area contributed by atoms with Gasteiger partial charge in [0, 0.05) is 28.7 Å². The molecule has 0 bridgehead atoms. The molecule has 148 valence electrons. The number of alkyl halides is 1. The summed E-state index contributed by atoms with van der Waals surface area (Å²) in [6, 6.07) is -0.136. The molecule has 2 atom stereocenters. The van der Waals surface area contributed by atoms with Crippen molar-refractivity contribution in [1.29, 1.82) is 0 Å². The van der Waals surface area contributed by atoms with Crippen LogP contribution in [0.5, 0.6) is 0 Å². The van der Waals surface area contributed by atoms with E-state index in [1.54, 1.807) is 0 Å². The first-order chi connectivity index (χ1) is 11.0. The molecular formula is C17H35IN4O2S. The summed E-state index contributed by atoms with van der Waals surface area (Å²) in [6.45, 7) is 14.9. The van der Waals surface area contributed by atoms with Crippen LogP contribution in [0.2, 0.25) is 0 Å². The highest BCUT2D eigenvalue weighted by atomic mass is 127. The predicted molar refractivity (Wildman–Crippen MR) is 112 cm³/mol. The van der Waals surface area contributed by atoms with E-state index < -0.39 is 10.2 Å². The molecule has 6 nitrogen and oxygen atoms in total. The van der Waals surface area contributed by atoms with Crippen molar-refractivity contribution in [2.45, 2.75) is 106 Å². The molecule has 8 heteroatoms. The zero-order valence-electron chi connectivity index (χ0n) is 16.6. The zero-order chi connectivity index (χ0) is 19.3. The highest BCUT2D eigenvalue weighted by Gasteiger charge is 2.42. The van der Waals surface area contributed by atoms with Crippen molar-refractivity contribution in [1.82, 2.24) is 20.1 Å². The van der Waals surface area contributed by atoms with E-state index in [2.05, 4.69) is 91.1 Å².